The van der Waals surface area contributed by atoms with E-state index in [-0.39, 0.29) is 0 Å². The van der Waals surface area contributed by atoms with Crippen LogP contribution in [0.5, 0.6) is 0 Å². The number of hydrogen-bond donors (Lipinski definition) is 0. The molecule has 0 unspecified atom stereocenters. The second-order valence-electron chi connectivity index (χ2n) is 13.6. The van der Waals surface area contributed by atoms with Gasteiger partial charge < -0.3 is 4.57 Å². The molecule has 0 saturated carbocycles. The van der Waals surface area contributed by atoms with Gasteiger partial charge in [-0.3, -0.25) is 0 Å². The Balaban J connectivity index is 1.21. The molecule has 1 nitrogen and oxygen atoms in total. The summed E-state index contributed by atoms with van der Waals surface area (Å²) in [6.07, 6.45) is 0. The van der Waals surface area contributed by atoms with Gasteiger partial charge in [-0.1, -0.05) is 152 Å². The first-order chi connectivity index (χ1) is 24.4. The third kappa shape index (κ3) is 5.23. The molecular weight excluding hydrogens is 624 g/mol. The van der Waals surface area contributed by atoms with Gasteiger partial charge in [0.1, 0.15) is 7.14 Å². The molecule has 0 aliphatic carbocycles. The van der Waals surface area contributed by atoms with Crippen molar-refractivity contribution in [3.63, 3.8) is 0 Å². The van der Waals surface area contributed by atoms with E-state index in [1.165, 1.54) is 82.4 Å². The average Bonchev–Trinajstić information content (AvgIpc) is 3.17. The molecule has 9 aromatic rings. The first kappa shape index (κ1) is 30.3. The van der Waals surface area contributed by atoms with Gasteiger partial charge in [-0.2, -0.15) is 0 Å². The standard InChI is InChI=1S/C48H35OP/c1-50(2,49)40-25-22-34(23-26-40)45-30-38-18-11-21-43-46(31-39-19-10-20-42(45)47(39)48(38)43)37-17-9-16-36(28-37)41-27-24-35(32-12-5-3-6-13-32)29-44(41)33-14-7-4-8-15-33/h3-31H,1-2H3. The lowest BCUT2D eigenvalue weighted by molar-refractivity contribution is 0.588. The van der Waals surface area contributed by atoms with Crippen molar-refractivity contribution < 1.29 is 4.57 Å². The van der Waals surface area contributed by atoms with Gasteiger partial charge in [0.25, 0.3) is 0 Å². The van der Waals surface area contributed by atoms with Crippen molar-refractivity contribution in [2.75, 3.05) is 13.3 Å². The summed E-state index contributed by atoms with van der Waals surface area (Å²) in [4.78, 5) is 0. The Morgan fingerprint density at radius 1 is 0.340 bits per heavy atom. The predicted molar refractivity (Wildman–Crippen MR) is 216 cm³/mol. The molecule has 0 aliphatic heterocycles. The van der Waals surface area contributed by atoms with Crippen LogP contribution in [0.4, 0.5) is 0 Å². The minimum atomic E-state index is -2.32. The van der Waals surface area contributed by atoms with E-state index in [0.717, 1.165) is 10.9 Å². The zero-order valence-corrected chi connectivity index (χ0v) is 29.0. The van der Waals surface area contributed by atoms with Crippen LogP contribution in [-0.2, 0) is 4.57 Å². The molecule has 0 saturated heterocycles. The van der Waals surface area contributed by atoms with E-state index < -0.39 is 7.14 Å². The van der Waals surface area contributed by atoms with E-state index in [4.69, 9.17) is 0 Å². The van der Waals surface area contributed by atoms with Crippen LogP contribution >= 0.6 is 7.14 Å². The molecular formula is C48H35OP. The SMILES string of the molecule is CP(C)(=O)c1ccc(-c2cc3cccc4c(-c5cccc(-c6ccc(-c7ccccc7)cc6-c6ccccc6)c5)cc5cccc2c5c34)cc1. The Bertz CT molecular complexity index is 2720. The molecule has 0 amide bonds. The van der Waals surface area contributed by atoms with Crippen LogP contribution in [0.15, 0.2) is 176 Å². The molecule has 0 bridgehead atoms. The zero-order valence-electron chi connectivity index (χ0n) is 28.1. The Kier molecular flexibility index (Phi) is 7.27. The Hall–Kier alpha value is -5.75. The van der Waals surface area contributed by atoms with E-state index in [9.17, 15) is 4.57 Å². The van der Waals surface area contributed by atoms with E-state index in [1.54, 1.807) is 0 Å². The second kappa shape index (κ2) is 12.0. The molecule has 0 aromatic heterocycles. The maximum Gasteiger partial charge on any atom is 0.109 e. The summed E-state index contributed by atoms with van der Waals surface area (Å²) in [6.45, 7) is 3.66. The minimum Gasteiger partial charge on any atom is -0.319 e. The van der Waals surface area contributed by atoms with E-state index in [0.29, 0.717) is 0 Å². The van der Waals surface area contributed by atoms with Crippen molar-refractivity contribution >= 4 is 44.8 Å². The molecule has 238 valence electrons. The van der Waals surface area contributed by atoms with E-state index in [1.807, 2.05) is 25.5 Å². The van der Waals surface area contributed by atoms with Crippen LogP contribution in [0, 0.1) is 0 Å². The van der Waals surface area contributed by atoms with Crippen LogP contribution in [0.3, 0.4) is 0 Å². The fraction of sp³-hybridized carbons (Fsp3) is 0.0417. The highest BCUT2D eigenvalue weighted by Crippen LogP contribution is 2.45. The number of benzene rings is 9. The third-order valence-corrected chi connectivity index (χ3v) is 11.7. The van der Waals surface area contributed by atoms with E-state index >= 15 is 0 Å². The third-order valence-electron chi connectivity index (χ3n) is 10.1. The van der Waals surface area contributed by atoms with Crippen LogP contribution < -0.4 is 5.30 Å². The first-order valence-corrected chi connectivity index (χ1v) is 19.7. The van der Waals surface area contributed by atoms with Crippen molar-refractivity contribution in [1.29, 1.82) is 0 Å². The Labute approximate surface area is 293 Å². The summed E-state index contributed by atoms with van der Waals surface area (Å²) < 4.78 is 12.7. The number of rotatable bonds is 6. The molecule has 0 radical (unpaired) electrons. The van der Waals surface area contributed by atoms with Gasteiger partial charge in [-0.05, 0) is 126 Å². The molecule has 0 heterocycles. The summed E-state index contributed by atoms with van der Waals surface area (Å²) in [5.41, 5.74) is 12.0. The largest absolute Gasteiger partial charge is 0.319 e. The molecule has 0 spiro atoms. The quantitative estimate of drug-likeness (QED) is 0.128. The van der Waals surface area contributed by atoms with Gasteiger partial charge in [-0.15, -0.1) is 0 Å². The topological polar surface area (TPSA) is 17.1 Å². The highest BCUT2D eigenvalue weighted by atomic mass is 31.2. The van der Waals surface area contributed by atoms with Crippen molar-refractivity contribution in [2.24, 2.45) is 0 Å². The normalized spacial score (nSPS) is 11.9. The van der Waals surface area contributed by atoms with Crippen LogP contribution in [-0.4, -0.2) is 13.3 Å². The summed E-state index contributed by atoms with van der Waals surface area (Å²) in [5.74, 6) is 0. The smallest absolute Gasteiger partial charge is 0.109 e. The van der Waals surface area contributed by atoms with Crippen molar-refractivity contribution in [3.05, 3.63) is 176 Å². The van der Waals surface area contributed by atoms with Gasteiger partial charge >= 0.3 is 0 Å². The Morgan fingerprint density at radius 3 is 1.42 bits per heavy atom. The lowest BCUT2D eigenvalue weighted by Gasteiger charge is -2.19. The molecule has 0 N–H and O–H groups in total. The van der Waals surface area contributed by atoms with Crippen molar-refractivity contribution in [1.82, 2.24) is 0 Å². The first-order valence-electron chi connectivity index (χ1n) is 17.1. The van der Waals surface area contributed by atoms with Gasteiger partial charge in [0.2, 0.25) is 0 Å². The highest BCUT2D eigenvalue weighted by molar-refractivity contribution is 7.70. The molecule has 0 fully saturated rings. The Morgan fingerprint density at radius 2 is 0.820 bits per heavy atom. The van der Waals surface area contributed by atoms with Crippen molar-refractivity contribution in [2.45, 2.75) is 0 Å². The predicted octanol–water partition coefficient (Wildman–Crippen LogP) is 13.2. The van der Waals surface area contributed by atoms with Gasteiger partial charge in [0, 0.05) is 5.30 Å². The summed E-state index contributed by atoms with van der Waals surface area (Å²) in [5, 5.41) is 8.45. The summed E-state index contributed by atoms with van der Waals surface area (Å²) in [6, 6.07) is 63.6. The second-order valence-corrected chi connectivity index (χ2v) is 16.8. The van der Waals surface area contributed by atoms with Gasteiger partial charge in [0.05, 0.1) is 0 Å². The lowest BCUT2D eigenvalue weighted by atomic mass is 9.85. The summed E-state index contributed by atoms with van der Waals surface area (Å²) in [7, 11) is -2.32. The molecule has 2 heteroatoms. The molecule has 0 atom stereocenters. The fourth-order valence-electron chi connectivity index (χ4n) is 7.65. The molecule has 50 heavy (non-hydrogen) atoms. The van der Waals surface area contributed by atoms with Crippen LogP contribution in [0.1, 0.15) is 0 Å². The lowest BCUT2D eigenvalue weighted by Crippen LogP contribution is -2.01. The minimum absolute atomic E-state index is 0.910. The zero-order chi connectivity index (χ0) is 33.8. The van der Waals surface area contributed by atoms with E-state index in [2.05, 4.69) is 164 Å². The maximum atomic E-state index is 12.7. The van der Waals surface area contributed by atoms with Crippen LogP contribution in [0.25, 0.3) is 88.0 Å². The molecule has 9 aromatic carbocycles. The van der Waals surface area contributed by atoms with Gasteiger partial charge in [-0.25, -0.2) is 0 Å². The highest BCUT2D eigenvalue weighted by Gasteiger charge is 2.18. The summed E-state index contributed by atoms with van der Waals surface area (Å²) >= 11 is 0. The fourth-order valence-corrected chi connectivity index (χ4v) is 8.52. The van der Waals surface area contributed by atoms with Gasteiger partial charge in [0.15, 0.2) is 0 Å². The monoisotopic (exact) mass is 658 g/mol. The maximum absolute atomic E-state index is 12.7. The molecule has 9 rings (SSSR count). The number of hydrogen-bond acceptors (Lipinski definition) is 1. The molecule has 0 aliphatic rings. The van der Waals surface area contributed by atoms with Crippen LogP contribution in [0.2, 0.25) is 0 Å². The van der Waals surface area contributed by atoms with Crippen molar-refractivity contribution in [3.8, 4) is 55.6 Å². The average molecular weight is 659 g/mol.